The van der Waals surface area contributed by atoms with Crippen LogP contribution in [-0.4, -0.2) is 24.5 Å². The van der Waals surface area contributed by atoms with E-state index in [1.54, 1.807) is 19.9 Å². The van der Waals surface area contributed by atoms with Crippen LogP contribution in [0.1, 0.15) is 17.0 Å². The highest BCUT2D eigenvalue weighted by Crippen LogP contribution is 2.38. The fourth-order valence-corrected chi connectivity index (χ4v) is 3.03. The maximum atomic E-state index is 12.7. The third kappa shape index (κ3) is 3.40. The van der Waals surface area contributed by atoms with Gasteiger partial charge in [-0.3, -0.25) is 10.1 Å². The van der Waals surface area contributed by atoms with E-state index in [0.717, 1.165) is 35.3 Å². The standard InChI is InChI=1S/C14H10F3N5O2S/c1-7-5-8(2)21-12(18-7)19-13(20-21)25-11-4-3-9(14(15,16)17)6-10(11)22(23)24/h3-6H,1-2H3. The number of alkyl halides is 3. The van der Waals surface area contributed by atoms with Gasteiger partial charge in [-0.15, -0.1) is 5.10 Å². The van der Waals surface area contributed by atoms with Crippen molar-refractivity contribution in [2.75, 3.05) is 0 Å². The van der Waals surface area contributed by atoms with Crippen LogP contribution >= 0.6 is 11.8 Å². The Morgan fingerprint density at radius 2 is 1.92 bits per heavy atom. The number of nitro groups is 1. The minimum absolute atomic E-state index is 0.0169. The van der Waals surface area contributed by atoms with Gasteiger partial charge in [0.2, 0.25) is 5.16 Å². The summed E-state index contributed by atoms with van der Waals surface area (Å²) in [5.74, 6) is 0.314. The summed E-state index contributed by atoms with van der Waals surface area (Å²) in [6, 6.07) is 4.13. The van der Waals surface area contributed by atoms with Crippen LogP contribution in [0.5, 0.6) is 0 Å². The summed E-state index contributed by atoms with van der Waals surface area (Å²) < 4.78 is 39.7. The predicted octanol–water partition coefficient (Wildman–Crippen LogP) is 3.82. The van der Waals surface area contributed by atoms with E-state index in [4.69, 9.17) is 0 Å². The first-order valence-electron chi connectivity index (χ1n) is 6.89. The Labute approximate surface area is 143 Å². The van der Waals surface area contributed by atoms with Gasteiger partial charge in [0, 0.05) is 17.5 Å². The van der Waals surface area contributed by atoms with E-state index >= 15 is 0 Å². The Hall–Kier alpha value is -2.69. The monoisotopic (exact) mass is 369 g/mol. The number of benzene rings is 1. The Bertz CT molecular complexity index is 986. The van der Waals surface area contributed by atoms with Gasteiger partial charge in [-0.2, -0.15) is 18.2 Å². The molecular weight excluding hydrogens is 359 g/mol. The number of nitro benzene ring substituents is 1. The number of aryl methyl sites for hydroxylation is 2. The first kappa shape index (κ1) is 17.1. The lowest BCUT2D eigenvalue weighted by atomic mass is 10.2. The van der Waals surface area contributed by atoms with Crippen molar-refractivity contribution in [2.45, 2.75) is 30.1 Å². The lowest BCUT2D eigenvalue weighted by Crippen LogP contribution is -2.05. The second-order valence-corrected chi connectivity index (χ2v) is 6.19. The van der Waals surface area contributed by atoms with Gasteiger partial charge in [0.15, 0.2) is 0 Å². The molecule has 0 spiro atoms. The number of fused-ring (bicyclic) bond motifs is 1. The molecule has 0 amide bonds. The summed E-state index contributed by atoms with van der Waals surface area (Å²) in [5.41, 5.74) is -0.239. The quantitative estimate of drug-likeness (QED) is 0.515. The topological polar surface area (TPSA) is 86.2 Å². The molecule has 0 aliphatic carbocycles. The molecule has 11 heteroatoms. The number of rotatable bonds is 3. The van der Waals surface area contributed by atoms with Crippen molar-refractivity contribution in [3.05, 3.63) is 51.3 Å². The van der Waals surface area contributed by atoms with E-state index in [9.17, 15) is 23.3 Å². The lowest BCUT2D eigenvalue weighted by molar-refractivity contribution is -0.388. The van der Waals surface area contributed by atoms with Crippen molar-refractivity contribution in [3.8, 4) is 0 Å². The number of halogens is 3. The summed E-state index contributed by atoms with van der Waals surface area (Å²) in [7, 11) is 0. The number of hydrogen-bond donors (Lipinski definition) is 0. The number of hydrogen-bond acceptors (Lipinski definition) is 6. The van der Waals surface area contributed by atoms with Gasteiger partial charge in [-0.1, -0.05) is 0 Å². The molecule has 0 unspecified atom stereocenters. The fraction of sp³-hybridized carbons (Fsp3) is 0.214. The van der Waals surface area contributed by atoms with Gasteiger partial charge in [0.25, 0.3) is 11.5 Å². The lowest BCUT2D eigenvalue weighted by Gasteiger charge is -2.07. The molecule has 7 nitrogen and oxygen atoms in total. The van der Waals surface area contributed by atoms with Crippen LogP contribution in [0.3, 0.4) is 0 Å². The molecule has 2 aromatic heterocycles. The second-order valence-electron chi connectivity index (χ2n) is 5.18. The van der Waals surface area contributed by atoms with Crippen LogP contribution in [0.15, 0.2) is 34.3 Å². The Balaban J connectivity index is 2.03. The molecule has 0 radical (unpaired) electrons. The Morgan fingerprint density at radius 3 is 2.56 bits per heavy atom. The van der Waals surface area contributed by atoms with Crippen molar-refractivity contribution in [1.82, 2.24) is 19.6 Å². The third-order valence-corrected chi connectivity index (χ3v) is 4.20. The molecule has 0 saturated heterocycles. The van der Waals surface area contributed by atoms with E-state index in [-0.39, 0.29) is 10.1 Å². The molecule has 0 aliphatic heterocycles. The summed E-state index contributed by atoms with van der Waals surface area (Å²) in [6.45, 7) is 3.58. The first-order chi connectivity index (χ1) is 11.6. The van der Waals surface area contributed by atoms with Gasteiger partial charge in [-0.05, 0) is 43.8 Å². The maximum Gasteiger partial charge on any atom is 0.416 e. The highest BCUT2D eigenvalue weighted by molar-refractivity contribution is 7.99. The zero-order valence-corrected chi connectivity index (χ0v) is 13.7. The molecule has 3 aromatic rings. The molecule has 0 N–H and O–H groups in total. The minimum atomic E-state index is -4.66. The van der Waals surface area contributed by atoms with Crippen molar-refractivity contribution < 1.29 is 18.1 Å². The number of aromatic nitrogens is 4. The van der Waals surface area contributed by atoms with E-state index < -0.39 is 22.4 Å². The van der Waals surface area contributed by atoms with Gasteiger partial charge in [0.05, 0.1) is 15.4 Å². The van der Waals surface area contributed by atoms with Crippen LogP contribution < -0.4 is 0 Å². The highest BCUT2D eigenvalue weighted by atomic mass is 32.2. The third-order valence-electron chi connectivity index (χ3n) is 3.28. The molecule has 0 aliphatic rings. The maximum absolute atomic E-state index is 12.7. The molecule has 25 heavy (non-hydrogen) atoms. The van der Waals surface area contributed by atoms with Gasteiger partial charge < -0.3 is 0 Å². The molecule has 2 heterocycles. The van der Waals surface area contributed by atoms with Crippen molar-refractivity contribution in [3.63, 3.8) is 0 Å². The summed E-state index contributed by atoms with van der Waals surface area (Å²) in [4.78, 5) is 18.6. The largest absolute Gasteiger partial charge is 0.416 e. The average molecular weight is 369 g/mol. The van der Waals surface area contributed by atoms with Crippen molar-refractivity contribution in [2.24, 2.45) is 0 Å². The van der Waals surface area contributed by atoms with Crippen molar-refractivity contribution in [1.29, 1.82) is 0 Å². The molecule has 0 saturated carbocycles. The van der Waals surface area contributed by atoms with Gasteiger partial charge >= 0.3 is 6.18 Å². The normalized spacial score (nSPS) is 11.9. The SMILES string of the molecule is Cc1cc(C)n2nc(Sc3ccc(C(F)(F)F)cc3[N+](=O)[O-])nc2n1. The second kappa shape index (κ2) is 5.99. The molecule has 0 bridgehead atoms. The molecule has 130 valence electrons. The zero-order valence-electron chi connectivity index (χ0n) is 12.9. The summed E-state index contributed by atoms with van der Waals surface area (Å²) in [6.07, 6.45) is -4.66. The van der Waals surface area contributed by atoms with Crippen LogP contribution in [0.25, 0.3) is 5.78 Å². The van der Waals surface area contributed by atoms with E-state index in [0.29, 0.717) is 11.8 Å². The molecule has 0 atom stereocenters. The molecule has 3 rings (SSSR count). The zero-order chi connectivity index (χ0) is 18.4. The van der Waals surface area contributed by atoms with E-state index in [1.807, 2.05) is 0 Å². The van der Waals surface area contributed by atoms with E-state index in [1.165, 1.54) is 4.52 Å². The average Bonchev–Trinajstić information content (AvgIpc) is 2.89. The van der Waals surface area contributed by atoms with Gasteiger partial charge in [0.1, 0.15) is 0 Å². The first-order valence-corrected chi connectivity index (χ1v) is 7.71. The van der Waals surface area contributed by atoms with Crippen molar-refractivity contribution >= 4 is 23.2 Å². The summed E-state index contributed by atoms with van der Waals surface area (Å²) in [5, 5.41) is 15.5. The molecule has 1 aromatic carbocycles. The highest BCUT2D eigenvalue weighted by Gasteiger charge is 2.33. The Kier molecular flexibility index (Phi) is 4.11. The summed E-state index contributed by atoms with van der Waals surface area (Å²) >= 11 is 0.810. The predicted molar refractivity (Wildman–Crippen MR) is 82.5 cm³/mol. The van der Waals surface area contributed by atoms with E-state index in [2.05, 4.69) is 15.1 Å². The minimum Gasteiger partial charge on any atom is -0.258 e. The fourth-order valence-electron chi connectivity index (χ4n) is 2.21. The van der Waals surface area contributed by atoms with Crippen LogP contribution in [0.2, 0.25) is 0 Å². The molecular formula is C14H10F3N5O2S. The van der Waals surface area contributed by atoms with Gasteiger partial charge in [-0.25, -0.2) is 9.50 Å². The van der Waals surface area contributed by atoms with Crippen LogP contribution in [0, 0.1) is 24.0 Å². The Morgan fingerprint density at radius 1 is 1.20 bits per heavy atom. The molecule has 0 fully saturated rings. The van der Waals surface area contributed by atoms with Crippen LogP contribution in [-0.2, 0) is 6.18 Å². The van der Waals surface area contributed by atoms with Crippen LogP contribution in [0.4, 0.5) is 18.9 Å². The smallest absolute Gasteiger partial charge is 0.258 e. The number of nitrogens with zero attached hydrogens (tertiary/aromatic N) is 5.